The summed E-state index contributed by atoms with van der Waals surface area (Å²) in [6, 6.07) is -0.260. The number of nitrogens with zero attached hydrogens (tertiary/aromatic N) is 1. The van der Waals surface area contributed by atoms with Crippen molar-refractivity contribution >= 4 is 28.1 Å². The van der Waals surface area contributed by atoms with Crippen LogP contribution in [0.25, 0.3) is 0 Å². The number of esters is 1. The maximum atomic E-state index is 10.6. The minimum atomic E-state index is -0.260. The molecule has 0 bridgehead atoms. The summed E-state index contributed by atoms with van der Waals surface area (Å²) in [5, 5.41) is 0.686. The van der Waals surface area contributed by atoms with Gasteiger partial charge in [-0.1, -0.05) is 15.9 Å². The molecule has 0 radical (unpaired) electrons. The van der Waals surface area contributed by atoms with Crippen molar-refractivity contribution in [2.75, 3.05) is 11.9 Å². The van der Waals surface area contributed by atoms with Crippen molar-refractivity contribution < 1.29 is 9.53 Å². The lowest BCUT2D eigenvalue weighted by atomic mass is 10.5. The Balaban J connectivity index is 2.04. The molecule has 1 atom stereocenters. The van der Waals surface area contributed by atoms with Crippen LogP contribution in [0.1, 0.15) is 0 Å². The van der Waals surface area contributed by atoms with Crippen LogP contribution in [0, 0.1) is 0 Å². The van der Waals surface area contributed by atoms with Gasteiger partial charge in [0.05, 0.1) is 0 Å². The van der Waals surface area contributed by atoms with Crippen LogP contribution >= 0.6 is 15.9 Å². The Kier molecular flexibility index (Phi) is 2.22. The van der Waals surface area contributed by atoms with Crippen molar-refractivity contribution in [1.29, 1.82) is 0 Å². The smallest absolute Gasteiger partial charge is 0.336 e. The van der Waals surface area contributed by atoms with Gasteiger partial charge in [0.1, 0.15) is 6.61 Å². The van der Waals surface area contributed by atoms with Crippen LogP contribution in [-0.2, 0) is 9.53 Å². The van der Waals surface area contributed by atoms with Gasteiger partial charge in [-0.25, -0.2) is 4.79 Å². The summed E-state index contributed by atoms with van der Waals surface area (Å²) in [5.74, 6) is -0.241. The number of hydrogen-bond donors (Lipinski definition) is 0. The van der Waals surface area contributed by atoms with E-state index in [1.165, 1.54) is 0 Å². The molecule has 1 heterocycles. The average Bonchev–Trinajstić information content (AvgIpc) is 2.63. The van der Waals surface area contributed by atoms with Gasteiger partial charge in [0.15, 0.2) is 6.04 Å². The Labute approximate surface area is 61.2 Å². The van der Waals surface area contributed by atoms with E-state index in [1.54, 1.807) is 6.21 Å². The van der Waals surface area contributed by atoms with Gasteiger partial charge in [0.2, 0.25) is 0 Å². The van der Waals surface area contributed by atoms with Gasteiger partial charge in [-0.3, -0.25) is 4.99 Å². The molecule has 0 aliphatic carbocycles. The average molecular weight is 192 g/mol. The lowest BCUT2D eigenvalue weighted by Crippen LogP contribution is -2.13. The Hall–Kier alpha value is -0.380. The standard InChI is InChI=1S/C5H6BrNO2/c6-1-2-9-5(8)4-3-7-4/h3-4H,1-2H2. The lowest BCUT2D eigenvalue weighted by molar-refractivity contribution is -0.141. The number of carbonyl (C=O) groups excluding carboxylic acids is 1. The maximum Gasteiger partial charge on any atom is 0.336 e. The summed E-state index contributed by atoms with van der Waals surface area (Å²) in [5.41, 5.74) is 0. The topological polar surface area (TPSA) is 38.7 Å². The van der Waals surface area contributed by atoms with Crippen LogP contribution < -0.4 is 0 Å². The predicted molar refractivity (Wildman–Crippen MR) is 37.0 cm³/mol. The van der Waals surface area contributed by atoms with E-state index in [0.29, 0.717) is 11.9 Å². The van der Waals surface area contributed by atoms with E-state index in [0.717, 1.165) is 0 Å². The number of halogens is 1. The summed E-state index contributed by atoms with van der Waals surface area (Å²) in [7, 11) is 0. The van der Waals surface area contributed by atoms with Crippen LogP contribution in [0.15, 0.2) is 4.99 Å². The highest BCUT2D eigenvalue weighted by molar-refractivity contribution is 9.09. The van der Waals surface area contributed by atoms with Crippen LogP contribution in [-0.4, -0.2) is 30.2 Å². The molecule has 0 saturated carbocycles. The summed E-state index contributed by atoms with van der Waals surface area (Å²) < 4.78 is 4.70. The van der Waals surface area contributed by atoms with Crippen molar-refractivity contribution in [2.45, 2.75) is 6.04 Å². The second kappa shape index (κ2) is 2.96. The van der Waals surface area contributed by atoms with Crippen LogP contribution in [0.3, 0.4) is 0 Å². The summed E-state index contributed by atoms with van der Waals surface area (Å²) in [6.07, 6.45) is 1.57. The van der Waals surface area contributed by atoms with Gasteiger partial charge < -0.3 is 4.74 Å². The van der Waals surface area contributed by atoms with E-state index in [1.807, 2.05) is 0 Å². The molecule has 0 aromatic rings. The zero-order valence-electron chi connectivity index (χ0n) is 4.71. The van der Waals surface area contributed by atoms with Gasteiger partial charge in [-0.2, -0.15) is 0 Å². The van der Waals surface area contributed by atoms with E-state index < -0.39 is 0 Å². The minimum absolute atomic E-state index is 0.241. The van der Waals surface area contributed by atoms with Crippen molar-refractivity contribution in [3.05, 3.63) is 0 Å². The first kappa shape index (κ1) is 6.74. The molecule has 0 amide bonds. The second-order valence-electron chi connectivity index (χ2n) is 1.60. The number of alkyl halides is 1. The van der Waals surface area contributed by atoms with E-state index >= 15 is 0 Å². The Morgan fingerprint density at radius 1 is 1.89 bits per heavy atom. The molecule has 1 aliphatic rings. The minimum Gasteiger partial charge on any atom is -0.463 e. The second-order valence-corrected chi connectivity index (χ2v) is 2.39. The fourth-order valence-electron chi connectivity index (χ4n) is 0.389. The third-order valence-corrected chi connectivity index (χ3v) is 1.18. The quantitative estimate of drug-likeness (QED) is 0.478. The van der Waals surface area contributed by atoms with Gasteiger partial charge >= 0.3 is 5.97 Å². The largest absolute Gasteiger partial charge is 0.463 e. The molecule has 4 heteroatoms. The van der Waals surface area contributed by atoms with Crippen molar-refractivity contribution in [3.8, 4) is 0 Å². The zero-order valence-corrected chi connectivity index (χ0v) is 6.30. The molecular weight excluding hydrogens is 186 g/mol. The van der Waals surface area contributed by atoms with E-state index in [9.17, 15) is 4.79 Å². The lowest BCUT2D eigenvalue weighted by Gasteiger charge is -1.97. The normalized spacial score (nSPS) is 21.7. The molecular formula is C5H6BrNO2. The molecule has 0 saturated heterocycles. The first-order valence-electron chi connectivity index (χ1n) is 2.60. The van der Waals surface area contributed by atoms with E-state index in [-0.39, 0.29) is 12.0 Å². The van der Waals surface area contributed by atoms with E-state index in [2.05, 4.69) is 20.9 Å². The van der Waals surface area contributed by atoms with E-state index in [4.69, 9.17) is 4.74 Å². The molecule has 1 rings (SSSR count). The molecule has 0 fully saturated rings. The Morgan fingerprint density at radius 3 is 3.00 bits per heavy atom. The monoisotopic (exact) mass is 191 g/mol. The Bertz CT molecular complexity index is 140. The number of carbonyl (C=O) groups is 1. The predicted octanol–water partition coefficient (Wildman–Crippen LogP) is 0.377. The van der Waals surface area contributed by atoms with Crippen molar-refractivity contribution in [3.63, 3.8) is 0 Å². The fraction of sp³-hybridized carbons (Fsp3) is 0.600. The van der Waals surface area contributed by atoms with Crippen LogP contribution in [0.5, 0.6) is 0 Å². The number of aliphatic imine (C=N–C) groups is 1. The molecule has 0 spiro atoms. The highest BCUT2D eigenvalue weighted by Gasteiger charge is 2.23. The summed E-state index contributed by atoms with van der Waals surface area (Å²) in [6.45, 7) is 0.429. The maximum absolute atomic E-state index is 10.6. The van der Waals surface area contributed by atoms with Crippen LogP contribution in [0.4, 0.5) is 0 Å². The number of ether oxygens (including phenoxy) is 1. The van der Waals surface area contributed by atoms with Crippen molar-refractivity contribution in [1.82, 2.24) is 0 Å². The summed E-state index contributed by atoms with van der Waals surface area (Å²) in [4.78, 5) is 14.2. The SMILES string of the molecule is O=C(OCCBr)C1C=N1. The molecule has 3 nitrogen and oxygen atoms in total. The highest BCUT2D eigenvalue weighted by Crippen LogP contribution is 2.02. The molecule has 1 aliphatic heterocycles. The molecule has 0 aromatic heterocycles. The fourth-order valence-corrected chi connectivity index (χ4v) is 0.551. The van der Waals surface area contributed by atoms with Crippen LogP contribution in [0.2, 0.25) is 0 Å². The number of hydrogen-bond acceptors (Lipinski definition) is 3. The third-order valence-electron chi connectivity index (χ3n) is 0.861. The molecule has 1 unspecified atom stereocenters. The molecule has 50 valence electrons. The van der Waals surface area contributed by atoms with Gasteiger partial charge in [0, 0.05) is 11.5 Å². The van der Waals surface area contributed by atoms with Gasteiger partial charge in [0.25, 0.3) is 0 Å². The molecule has 9 heavy (non-hydrogen) atoms. The third kappa shape index (κ3) is 2.13. The molecule has 0 N–H and O–H groups in total. The zero-order chi connectivity index (χ0) is 6.69. The van der Waals surface area contributed by atoms with Gasteiger partial charge in [-0.05, 0) is 0 Å². The first-order chi connectivity index (χ1) is 4.34. The number of rotatable bonds is 3. The van der Waals surface area contributed by atoms with Crippen molar-refractivity contribution in [2.24, 2.45) is 4.99 Å². The van der Waals surface area contributed by atoms with Gasteiger partial charge in [-0.15, -0.1) is 0 Å². The molecule has 0 aromatic carbocycles. The first-order valence-corrected chi connectivity index (χ1v) is 3.72. The highest BCUT2D eigenvalue weighted by atomic mass is 79.9. The Morgan fingerprint density at radius 2 is 2.56 bits per heavy atom. The summed E-state index contributed by atoms with van der Waals surface area (Å²) >= 11 is 3.13.